The molecular weight excluding hydrogens is 380 g/mol. The van der Waals surface area contributed by atoms with Gasteiger partial charge in [0.2, 0.25) is 5.91 Å². The molecule has 5 nitrogen and oxygen atoms in total. The molecule has 150 valence electrons. The van der Waals surface area contributed by atoms with Gasteiger partial charge in [0.15, 0.2) is 5.82 Å². The fourth-order valence-electron chi connectivity index (χ4n) is 2.98. The van der Waals surface area contributed by atoms with Crippen LogP contribution in [0.3, 0.4) is 0 Å². The fourth-order valence-corrected chi connectivity index (χ4v) is 3.63. The number of nitrogens with one attached hydrogen (secondary N) is 1. The highest BCUT2D eigenvalue weighted by atomic mass is 32.1. The monoisotopic (exact) mass is 406 g/mol. The van der Waals surface area contributed by atoms with E-state index in [1.165, 1.54) is 0 Å². The number of aromatic nitrogens is 2. The SMILES string of the molecule is C=CCc1c(CC)nc(-c2cccs2)nc1Nc1ccc(CC(=O)N(C)C)cc1. The summed E-state index contributed by atoms with van der Waals surface area (Å²) in [6.07, 6.45) is 3.80. The molecule has 29 heavy (non-hydrogen) atoms. The molecule has 3 aromatic rings. The van der Waals surface area contributed by atoms with E-state index in [9.17, 15) is 4.79 Å². The number of hydrogen-bond donors (Lipinski definition) is 1. The van der Waals surface area contributed by atoms with Crippen molar-refractivity contribution < 1.29 is 4.79 Å². The minimum absolute atomic E-state index is 0.0861. The summed E-state index contributed by atoms with van der Waals surface area (Å²) in [5.41, 5.74) is 4.00. The number of anilines is 2. The van der Waals surface area contributed by atoms with Crippen molar-refractivity contribution in [2.45, 2.75) is 26.2 Å². The van der Waals surface area contributed by atoms with E-state index in [0.717, 1.165) is 45.4 Å². The van der Waals surface area contributed by atoms with E-state index >= 15 is 0 Å². The van der Waals surface area contributed by atoms with Gasteiger partial charge in [-0.2, -0.15) is 0 Å². The highest BCUT2D eigenvalue weighted by Gasteiger charge is 2.15. The lowest BCUT2D eigenvalue weighted by Gasteiger charge is -2.15. The Morgan fingerprint density at radius 2 is 1.97 bits per heavy atom. The number of carbonyl (C=O) groups excluding carboxylic acids is 1. The van der Waals surface area contributed by atoms with Crippen LogP contribution in [-0.2, 0) is 24.1 Å². The quantitative estimate of drug-likeness (QED) is 0.542. The third-order valence-electron chi connectivity index (χ3n) is 4.59. The molecule has 1 aromatic carbocycles. The van der Waals surface area contributed by atoms with Crippen LogP contribution in [0.15, 0.2) is 54.4 Å². The highest BCUT2D eigenvalue weighted by Crippen LogP contribution is 2.28. The number of thiophene rings is 1. The zero-order chi connectivity index (χ0) is 20.8. The van der Waals surface area contributed by atoms with Crippen molar-refractivity contribution >= 4 is 28.7 Å². The third-order valence-corrected chi connectivity index (χ3v) is 5.45. The van der Waals surface area contributed by atoms with E-state index in [1.807, 2.05) is 47.9 Å². The van der Waals surface area contributed by atoms with Crippen molar-refractivity contribution in [2.24, 2.45) is 0 Å². The average Bonchev–Trinajstić information content (AvgIpc) is 3.25. The summed E-state index contributed by atoms with van der Waals surface area (Å²) in [7, 11) is 3.54. The number of rotatable bonds is 8. The number of benzene rings is 1. The van der Waals surface area contributed by atoms with Crippen molar-refractivity contribution in [2.75, 3.05) is 19.4 Å². The molecule has 3 rings (SSSR count). The Hall–Kier alpha value is -2.99. The molecule has 0 saturated heterocycles. The van der Waals surface area contributed by atoms with Crippen LogP contribution in [0.4, 0.5) is 11.5 Å². The van der Waals surface area contributed by atoms with Crippen molar-refractivity contribution in [3.05, 3.63) is 71.3 Å². The Morgan fingerprint density at radius 1 is 1.21 bits per heavy atom. The molecule has 1 N–H and O–H groups in total. The second-order valence-electron chi connectivity index (χ2n) is 6.93. The van der Waals surface area contributed by atoms with Gasteiger partial charge in [0, 0.05) is 31.0 Å². The van der Waals surface area contributed by atoms with Crippen LogP contribution in [0.5, 0.6) is 0 Å². The molecule has 0 aliphatic heterocycles. The van der Waals surface area contributed by atoms with E-state index in [-0.39, 0.29) is 5.91 Å². The van der Waals surface area contributed by atoms with Crippen LogP contribution in [0.1, 0.15) is 23.7 Å². The number of hydrogen-bond acceptors (Lipinski definition) is 5. The Bertz CT molecular complexity index is 979. The van der Waals surface area contributed by atoms with Crippen molar-refractivity contribution in [3.8, 4) is 10.7 Å². The lowest BCUT2D eigenvalue weighted by Crippen LogP contribution is -2.23. The first kappa shape index (κ1) is 20.7. The van der Waals surface area contributed by atoms with Gasteiger partial charge in [-0.15, -0.1) is 17.9 Å². The minimum Gasteiger partial charge on any atom is -0.349 e. The summed E-state index contributed by atoms with van der Waals surface area (Å²) < 4.78 is 0. The predicted octanol–water partition coefficient (Wildman–Crippen LogP) is 4.87. The molecule has 0 bridgehead atoms. The molecule has 0 aliphatic carbocycles. The summed E-state index contributed by atoms with van der Waals surface area (Å²) in [6.45, 7) is 5.99. The lowest BCUT2D eigenvalue weighted by atomic mass is 10.1. The summed E-state index contributed by atoms with van der Waals surface area (Å²) >= 11 is 1.63. The Morgan fingerprint density at radius 3 is 2.55 bits per heavy atom. The molecule has 0 radical (unpaired) electrons. The lowest BCUT2D eigenvalue weighted by molar-refractivity contribution is -0.127. The molecule has 0 saturated carbocycles. The van der Waals surface area contributed by atoms with Crippen molar-refractivity contribution in [1.82, 2.24) is 14.9 Å². The maximum absolute atomic E-state index is 11.9. The first-order valence-corrected chi connectivity index (χ1v) is 10.5. The summed E-state index contributed by atoms with van der Waals surface area (Å²) in [4.78, 5) is 24.2. The Kier molecular flexibility index (Phi) is 6.77. The zero-order valence-electron chi connectivity index (χ0n) is 17.1. The van der Waals surface area contributed by atoms with Gasteiger partial charge in [-0.05, 0) is 42.0 Å². The first-order valence-electron chi connectivity index (χ1n) is 9.62. The number of amides is 1. The number of nitrogens with zero attached hydrogens (tertiary/aromatic N) is 3. The normalized spacial score (nSPS) is 10.6. The molecule has 0 atom stereocenters. The topological polar surface area (TPSA) is 58.1 Å². The van der Waals surface area contributed by atoms with Crippen LogP contribution in [0.25, 0.3) is 10.7 Å². The van der Waals surface area contributed by atoms with Crippen LogP contribution < -0.4 is 5.32 Å². The molecule has 2 aromatic heterocycles. The van der Waals surface area contributed by atoms with E-state index < -0.39 is 0 Å². The molecule has 0 spiro atoms. The first-order chi connectivity index (χ1) is 14.0. The van der Waals surface area contributed by atoms with Crippen LogP contribution in [0.2, 0.25) is 0 Å². The summed E-state index contributed by atoms with van der Waals surface area (Å²) in [6, 6.07) is 11.9. The number of carbonyl (C=O) groups is 1. The second-order valence-corrected chi connectivity index (χ2v) is 7.88. The Labute approximate surface area is 176 Å². The van der Waals surface area contributed by atoms with Gasteiger partial charge in [-0.25, -0.2) is 9.97 Å². The van der Waals surface area contributed by atoms with Gasteiger partial charge in [0.25, 0.3) is 0 Å². The van der Waals surface area contributed by atoms with Crippen LogP contribution in [0, 0.1) is 0 Å². The largest absolute Gasteiger partial charge is 0.349 e. The molecule has 0 unspecified atom stereocenters. The smallest absolute Gasteiger partial charge is 0.226 e. The third kappa shape index (κ3) is 5.09. The maximum Gasteiger partial charge on any atom is 0.226 e. The van der Waals surface area contributed by atoms with Gasteiger partial charge < -0.3 is 10.2 Å². The molecule has 2 heterocycles. The molecule has 0 fully saturated rings. The second kappa shape index (κ2) is 9.47. The molecular formula is C23H26N4OS. The van der Waals surface area contributed by atoms with E-state index in [1.54, 1.807) is 30.3 Å². The highest BCUT2D eigenvalue weighted by molar-refractivity contribution is 7.13. The maximum atomic E-state index is 11.9. The Balaban J connectivity index is 1.91. The van der Waals surface area contributed by atoms with E-state index in [4.69, 9.17) is 9.97 Å². The van der Waals surface area contributed by atoms with E-state index in [0.29, 0.717) is 12.8 Å². The van der Waals surface area contributed by atoms with Crippen LogP contribution in [-0.4, -0.2) is 34.9 Å². The van der Waals surface area contributed by atoms with Gasteiger partial charge in [0.05, 0.1) is 11.3 Å². The standard InChI is InChI=1S/C23H26N4OS/c1-5-8-18-19(6-2)25-23(20-9-7-14-29-20)26-22(18)24-17-12-10-16(11-13-17)15-21(28)27(3)4/h5,7,9-14H,1,6,8,15H2,2-4H3,(H,24,25,26). The minimum atomic E-state index is 0.0861. The van der Waals surface area contributed by atoms with Crippen LogP contribution >= 0.6 is 11.3 Å². The number of allylic oxidation sites excluding steroid dienone is 1. The molecule has 0 aliphatic rings. The summed E-state index contributed by atoms with van der Waals surface area (Å²) in [5.74, 6) is 1.63. The van der Waals surface area contributed by atoms with Gasteiger partial charge in [-0.1, -0.05) is 31.2 Å². The molecule has 1 amide bonds. The zero-order valence-corrected chi connectivity index (χ0v) is 17.9. The predicted molar refractivity (Wildman–Crippen MR) is 121 cm³/mol. The van der Waals surface area contributed by atoms with Crippen molar-refractivity contribution in [1.29, 1.82) is 0 Å². The summed E-state index contributed by atoms with van der Waals surface area (Å²) in [5, 5.41) is 5.48. The van der Waals surface area contributed by atoms with Gasteiger partial charge >= 0.3 is 0 Å². The average molecular weight is 407 g/mol. The fraction of sp³-hybridized carbons (Fsp3) is 0.261. The van der Waals surface area contributed by atoms with Gasteiger partial charge in [0.1, 0.15) is 5.82 Å². The number of likely N-dealkylation sites (N-methyl/N-ethyl adjacent to an activating group) is 1. The van der Waals surface area contributed by atoms with Gasteiger partial charge in [-0.3, -0.25) is 4.79 Å². The number of aryl methyl sites for hydroxylation is 1. The molecule has 6 heteroatoms. The van der Waals surface area contributed by atoms with E-state index in [2.05, 4.69) is 18.8 Å². The van der Waals surface area contributed by atoms with Crippen molar-refractivity contribution in [3.63, 3.8) is 0 Å².